The van der Waals surface area contributed by atoms with Crippen LogP contribution in [0.1, 0.15) is 0 Å². The standard InChI is InChI=1S/C15H12F2N2O4S/c16-15(17)24-13-7-2-1-6-12(13)18-14(20)9-23-11-5-3-4-10(8-11)19(21)22/h1-8,15H,9H2,(H,18,20). The Bertz CT molecular complexity index is 743. The lowest BCUT2D eigenvalue weighted by Gasteiger charge is -2.11. The van der Waals surface area contributed by atoms with Crippen molar-refractivity contribution in [2.24, 2.45) is 0 Å². The Kier molecular flexibility index (Phi) is 6.07. The predicted octanol–water partition coefficient (Wildman–Crippen LogP) is 3.93. The average molecular weight is 354 g/mol. The van der Waals surface area contributed by atoms with Gasteiger partial charge in [-0.15, -0.1) is 0 Å². The van der Waals surface area contributed by atoms with Crippen LogP contribution in [-0.2, 0) is 4.79 Å². The first-order valence-electron chi connectivity index (χ1n) is 6.66. The molecule has 0 spiro atoms. The highest BCUT2D eigenvalue weighted by Crippen LogP contribution is 2.31. The number of ether oxygens (including phenoxy) is 1. The largest absolute Gasteiger partial charge is 0.484 e. The molecule has 0 aliphatic heterocycles. The van der Waals surface area contributed by atoms with Gasteiger partial charge < -0.3 is 10.1 Å². The van der Waals surface area contributed by atoms with Gasteiger partial charge >= 0.3 is 0 Å². The van der Waals surface area contributed by atoms with Crippen molar-refractivity contribution < 1.29 is 23.2 Å². The van der Waals surface area contributed by atoms with Gasteiger partial charge in [0.15, 0.2) is 6.61 Å². The number of anilines is 1. The van der Waals surface area contributed by atoms with Crippen molar-refractivity contribution in [2.45, 2.75) is 10.7 Å². The van der Waals surface area contributed by atoms with E-state index >= 15 is 0 Å². The molecule has 0 bridgehead atoms. The van der Waals surface area contributed by atoms with E-state index in [1.54, 1.807) is 12.1 Å². The Morgan fingerprint density at radius 1 is 1.25 bits per heavy atom. The van der Waals surface area contributed by atoms with Crippen LogP contribution in [0.25, 0.3) is 0 Å². The fourth-order valence-electron chi connectivity index (χ4n) is 1.79. The van der Waals surface area contributed by atoms with Gasteiger partial charge in [0.25, 0.3) is 17.4 Å². The van der Waals surface area contributed by atoms with Crippen LogP contribution in [0.15, 0.2) is 53.4 Å². The monoisotopic (exact) mass is 354 g/mol. The van der Waals surface area contributed by atoms with E-state index in [4.69, 9.17) is 4.74 Å². The predicted molar refractivity (Wildman–Crippen MR) is 85.5 cm³/mol. The minimum absolute atomic E-state index is 0.161. The molecule has 0 aliphatic rings. The summed E-state index contributed by atoms with van der Waals surface area (Å²) in [5, 5.41) is 13.1. The second-order valence-electron chi connectivity index (χ2n) is 4.47. The first-order chi connectivity index (χ1) is 11.5. The molecule has 126 valence electrons. The third-order valence-electron chi connectivity index (χ3n) is 2.78. The van der Waals surface area contributed by atoms with Crippen LogP contribution >= 0.6 is 11.8 Å². The van der Waals surface area contributed by atoms with Crippen LogP contribution in [0.2, 0.25) is 0 Å². The molecular formula is C15H12F2N2O4S. The summed E-state index contributed by atoms with van der Waals surface area (Å²) < 4.78 is 30.1. The van der Waals surface area contributed by atoms with E-state index < -0.39 is 23.2 Å². The third-order valence-corrected chi connectivity index (χ3v) is 3.56. The number of thioether (sulfide) groups is 1. The van der Waals surface area contributed by atoms with Crippen molar-refractivity contribution in [3.05, 3.63) is 58.6 Å². The molecule has 0 saturated carbocycles. The highest BCUT2D eigenvalue weighted by molar-refractivity contribution is 7.99. The minimum atomic E-state index is -2.61. The summed E-state index contributed by atoms with van der Waals surface area (Å²) in [6.45, 7) is -0.408. The molecule has 24 heavy (non-hydrogen) atoms. The van der Waals surface area contributed by atoms with Crippen molar-refractivity contribution in [3.8, 4) is 5.75 Å². The molecular weight excluding hydrogens is 342 g/mol. The van der Waals surface area contributed by atoms with Crippen LogP contribution in [0.5, 0.6) is 5.75 Å². The Balaban J connectivity index is 1.97. The number of nitrogens with zero attached hydrogens (tertiary/aromatic N) is 1. The maximum atomic E-state index is 12.5. The molecule has 0 heterocycles. The van der Waals surface area contributed by atoms with E-state index in [1.165, 1.54) is 36.4 Å². The molecule has 0 unspecified atom stereocenters. The number of non-ortho nitro benzene ring substituents is 1. The number of para-hydroxylation sites is 1. The second-order valence-corrected chi connectivity index (χ2v) is 5.50. The van der Waals surface area contributed by atoms with Gasteiger partial charge in [-0.05, 0) is 18.2 Å². The number of halogens is 2. The zero-order valence-electron chi connectivity index (χ0n) is 12.1. The fourth-order valence-corrected chi connectivity index (χ4v) is 2.39. The number of carbonyl (C=O) groups is 1. The highest BCUT2D eigenvalue weighted by Gasteiger charge is 2.13. The highest BCUT2D eigenvalue weighted by atomic mass is 32.2. The van der Waals surface area contributed by atoms with Crippen LogP contribution in [0.3, 0.4) is 0 Å². The van der Waals surface area contributed by atoms with E-state index in [-0.39, 0.29) is 22.0 Å². The Morgan fingerprint density at radius 2 is 2.00 bits per heavy atom. The normalized spacial score (nSPS) is 10.5. The SMILES string of the molecule is O=C(COc1cccc([N+](=O)[O-])c1)Nc1ccccc1SC(F)F. The summed E-state index contributed by atoms with van der Waals surface area (Å²) >= 11 is 0.323. The zero-order chi connectivity index (χ0) is 17.5. The van der Waals surface area contributed by atoms with Crippen LogP contribution in [0.4, 0.5) is 20.2 Å². The molecule has 9 heteroatoms. The van der Waals surface area contributed by atoms with Crippen LogP contribution < -0.4 is 10.1 Å². The maximum absolute atomic E-state index is 12.5. The molecule has 0 aromatic heterocycles. The van der Waals surface area contributed by atoms with Gasteiger partial charge in [0.05, 0.1) is 16.7 Å². The Morgan fingerprint density at radius 3 is 2.71 bits per heavy atom. The van der Waals surface area contributed by atoms with Gasteiger partial charge in [0, 0.05) is 11.0 Å². The van der Waals surface area contributed by atoms with Gasteiger partial charge in [0.2, 0.25) is 0 Å². The molecule has 6 nitrogen and oxygen atoms in total. The molecule has 1 N–H and O–H groups in total. The van der Waals surface area contributed by atoms with Crippen LogP contribution in [-0.4, -0.2) is 23.2 Å². The summed E-state index contributed by atoms with van der Waals surface area (Å²) in [6, 6.07) is 11.5. The molecule has 2 rings (SSSR count). The molecule has 0 radical (unpaired) electrons. The van der Waals surface area contributed by atoms with E-state index in [0.29, 0.717) is 11.8 Å². The van der Waals surface area contributed by atoms with Crippen molar-refractivity contribution in [2.75, 3.05) is 11.9 Å². The van der Waals surface area contributed by atoms with Crippen LogP contribution in [0, 0.1) is 10.1 Å². The van der Waals surface area contributed by atoms with Gasteiger partial charge in [-0.25, -0.2) is 0 Å². The number of nitro benzene ring substituents is 1. The van der Waals surface area contributed by atoms with Gasteiger partial charge in [-0.3, -0.25) is 14.9 Å². The first-order valence-corrected chi connectivity index (χ1v) is 7.54. The number of alkyl halides is 2. The van der Waals surface area contributed by atoms with E-state index in [9.17, 15) is 23.7 Å². The van der Waals surface area contributed by atoms with Crippen molar-refractivity contribution in [1.82, 2.24) is 0 Å². The topological polar surface area (TPSA) is 81.5 Å². The van der Waals surface area contributed by atoms with E-state index in [0.717, 1.165) is 0 Å². The van der Waals surface area contributed by atoms with E-state index in [1.807, 2.05) is 0 Å². The van der Waals surface area contributed by atoms with Crippen molar-refractivity contribution >= 4 is 29.0 Å². The Hall–Kier alpha value is -2.68. The molecule has 1 amide bonds. The van der Waals surface area contributed by atoms with Gasteiger partial charge in [0.1, 0.15) is 5.75 Å². The number of nitro groups is 1. The number of amides is 1. The smallest absolute Gasteiger partial charge is 0.288 e. The average Bonchev–Trinajstić information content (AvgIpc) is 2.54. The lowest BCUT2D eigenvalue weighted by atomic mass is 10.3. The number of benzene rings is 2. The quantitative estimate of drug-likeness (QED) is 0.463. The summed E-state index contributed by atoms with van der Waals surface area (Å²) in [4.78, 5) is 22.2. The summed E-state index contributed by atoms with van der Waals surface area (Å²) in [5.74, 6) is -3.01. The summed E-state index contributed by atoms with van der Waals surface area (Å²) in [5.41, 5.74) is 0.0852. The van der Waals surface area contributed by atoms with Gasteiger partial charge in [-0.1, -0.05) is 30.0 Å². The molecule has 2 aromatic carbocycles. The first kappa shape index (κ1) is 17.7. The second kappa shape index (κ2) is 8.25. The molecule has 0 aliphatic carbocycles. The molecule has 2 aromatic rings. The minimum Gasteiger partial charge on any atom is -0.484 e. The third kappa shape index (κ3) is 5.20. The molecule has 0 atom stereocenters. The number of hydrogen-bond donors (Lipinski definition) is 1. The van der Waals surface area contributed by atoms with E-state index in [2.05, 4.69) is 5.32 Å². The number of carbonyl (C=O) groups excluding carboxylic acids is 1. The maximum Gasteiger partial charge on any atom is 0.288 e. The number of hydrogen-bond acceptors (Lipinski definition) is 5. The van der Waals surface area contributed by atoms with Crippen molar-refractivity contribution in [3.63, 3.8) is 0 Å². The number of nitrogens with one attached hydrogen (secondary N) is 1. The lowest BCUT2D eigenvalue weighted by Crippen LogP contribution is -2.20. The zero-order valence-corrected chi connectivity index (χ0v) is 13.0. The molecule has 0 fully saturated rings. The Labute approximate surface area is 140 Å². The molecule has 0 saturated heterocycles. The lowest BCUT2D eigenvalue weighted by molar-refractivity contribution is -0.384. The number of rotatable bonds is 7. The summed E-state index contributed by atoms with van der Waals surface area (Å²) in [7, 11) is 0. The van der Waals surface area contributed by atoms with Crippen molar-refractivity contribution in [1.29, 1.82) is 0 Å². The summed E-state index contributed by atoms with van der Waals surface area (Å²) in [6.07, 6.45) is 0. The fraction of sp³-hybridized carbons (Fsp3) is 0.133. The van der Waals surface area contributed by atoms with Gasteiger partial charge in [-0.2, -0.15) is 8.78 Å².